The van der Waals surface area contributed by atoms with Gasteiger partial charge in [-0.1, -0.05) is 25.5 Å². The van der Waals surface area contributed by atoms with Gasteiger partial charge in [0.15, 0.2) is 5.75 Å². The van der Waals surface area contributed by atoms with Gasteiger partial charge in [0.2, 0.25) is 0 Å². The van der Waals surface area contributed by atoms with E-state index in [1.807, 2.05) is 24.3 Å². The molecule has 1 heterocycles. The lowest BCUT2D eigenvalue weighted by atomic mass is 10.1. The van der Waals surface area contributed by atoms with Crippen LogP contribution in [0.25, 0.3) is 10.2 Å². The fourth-order valence-corrected chi connectivity index (χ4v) is 2.85. The molecular formula is C16H16N2OS. The Kier molecular flexibility index (Phi) is 3.56. The summed E-state index contributed by atoms with van der Waals surface area (Å²) in [5.74, 6) is 1.46. The van der Waals surface area contributed by atoms with E-state index < -0.39 is 0 Å². The second-order valence-electron chi connectivity index (χ2n) is 4.67. The predicted molar refractivity (Wildman–Crippen MR) is 84.5 cm³/mol. The molecule has 20 heavy (non-hydrogen) atoms. The van der Waals surface area contributed by atoms with Crippen LogP contribution in [0, 0.1) is 0 Å². The third kappa shape index (κ3) is 2.47. The Hall–Kier alpha value is -2.07. The molecular weight excluding hydrogens is 268 g/mol. The number of aromatic nitrogens is 1. The normalized spacial score (nSPS) is 10.8. The van der Waals surface area contributed by atoms with Gasteiger partial charge in [-0.05, 0) is 36.2 Å². The second kappa shape index (κ2) is 5.51. The van der Waals surface area contributed by atoms with E-state index in [-0.39, 0.29) is 0 Å². The molecule has 0 unspecified atom stereocenters. The molecule has 0 atom stereocenters. The molecule has 0 fully saturated rings. The summed E-state index contributed by atoms with van der Waals surface area (Å²) < 4.78 is 6.94. The van der Waals surface area contributed by atoms with Crippen molar-refractivity contribution in [2.75, 3.05) is 5.73 Å². The van der Waals surface area contributed by atoms with Crippen molar-refractivity contribution >= 4 is 27.2 Å². The number of nitrogens with two attached hydrogens (primary N) is 1. The average Bonchev–Trinajstić information content (AvgIpc) is 2.94. The summed E-state index contributed by atoms with van der Waals surface area (Å²) >= 11 is 1.58. The van der Waals surface area contributed by atoms with Crippen LogP contribution in [-0.2, 0) is 6.42 Å². The summed E-state index contributed by atoms with van der Waals surface area (Å²) in [6, 6.07) is 12.0. The van der Waals surface area contributed by atoms with Crippen LogP contribution in [0.5, 0.6) is 11.5 Å². The fourth-order valence-electron chi connectivity index (χ4n) is 2.16. The maximum Gasteiger partial charge on any atom is 0.152 e. The first-order valence-electron chi connectivity index (χ1n) is 6.66. The third-order valence-electron chi connectivity index (χ3n) is 3.19. The lowest BCUT2D eigenvalue weighted by molar-refractivity contribution is 0.485. The summed E-state index contributed by atoms with van der Waals surface area (Å²) in [6.45, 7) is 2.17. The van der Waals surface area contributed by atoms with Gasteiger partial charge in [-0.2, -0.15) is 0 Å². The van der Waals surface area contributed by atoms with Gasteiger partial charge >= 0.3 is 0 Å². The smallest absolute Gasteiger partial charge is 0.152 e. The van der Waals surface area contributed by atoms with E-state index >= 15 is 0 Å². The Labute approximate surface area is 122 Å². The zero-order chi connectivity index (χ0) is 13.9. The first-order valence-corrected chi connectivity index (χ1v) is 7.54. The van der Waals surface area contributed by atoms with Crippen molar-refractivity contribution < 1.29 is 4.74 Å². The molecule has 2 N–H and O–H groups in total. The number of aryl methyl sites for hydroxylation is 1. The van der Waals surface area contributed by atoms with E-state index in [0.717, 1.165) is 28.8 Å². The minimum absolute atomic E-state index is 0.599. The quantitative estimate of drug-likeness (QED) is 0.711. The van der Waals surface area contributed by atoms with Crippen LogP contribution in [0.3, 0.4) is 0 Å². The van der Waals surface area contributed by atoms with Crippen LogP contribution < -0.4 is 10.5 Å². The van der Waals surface area contributed by atoms with E-state index in [1.165, 1.54) is 5.56 Å². The first kappa shape index (κ1) is 12.9. The molecule has 3 nitrogen and oxygen atoms in total. The van der Waals surface area contributed by atoms with E-state index in [9.17, 15) is 0 Å². The van der Waals surface area contributed by atoms with E-state index in [0.29, 0.717) is 11.4 Å². The molecule has 0 bridgehead atoms. The number of nitrogen functional groups attached to an aromatic ring is 1. The van der Waals surface area contributed by atoms with Gasteiger partial charge < -0.3 is 10.5 Å². The Morgan fingerprint density at radius 2 is 1.95 bits per heavy atom. The van der Waals surface area contributed by atoms with Crippen molar-refractivity contribution in [3.05, 3.63) is 47.5 Å². The number of anilines is 1. The number of rotatable bonds is 4. The molecule has 3 rings (SSSR count). The van der Waals surface area contributed by atoms with Gasteiger partial charge in [0.25, 0.3) is 0 Å². The van der Waals surface area contributed by atoms with Crippen LogP contribution in [-0.4, -0.2) is 4.98 Å². The summed E-state index contributed by atoms with van der Waals surface area (Å²) in [5, 5.41) is 0. The summed E-state index contributed by atoms with van der Waals surface area (Å²) in [6.07, 6.45) is 2.24. The van der Waals surface area contributed by atoms with Gasteiger partial charge in [-0.25, -0.2) is 4.98 Å². The number of nitrogens with zero attached hydrogens (tertiary/aromatic N) is 1. The maximum atomic E-state index is 6.11. The lowest BCUT2D eigenvalue weighted by Crippen LogP contribution is -1.93. The highest BCUT2D eigenvalue weighted by Gasteiger charge is 2.08. The molecule has 4 heteroatoms. The molecule has 0 aliphatic rings. The van der Waals surface area contributed by atoms with Crippen LogP contribution in [0.4, 0.5) is 5.69 Å². The average molecular weight is 284 g/mol. The van der Waals surface area contributed by atoms with Crippen molar-refractivity contribution in [3.63, 3.8) is 0 Å². The highest BCUT2D eigenvalue weighted by atomic mass is 32.1. The van der Waals surface area contributed by atoms with E-state index in [2.05, 4.69) is 24.0 Å². The van der Waals surface area contributed by atoms with Crippen molar-refractivity contribution in [1.29, 1.82) is 0 Å². The fraction of sp³-hybridized carbons (Fsp3) is 0.188. The topological polar surface area (TPSA) is 48.1 Å². The second-order valence-corrected chi connectivity index (χ2v) is 5.56. The minimum Gasteiger partial charge on any atom is -0.455 e. The molecule has 0 saturated heterocycles. The minimum atomic E-state index is 0.599. The van der Waals surface area contributed by atoms with Gasteiger partial charge in [0.1, 0.15) is 17.0 Å². The van der Waals surface area contributed by atoms with Crippen molar-refractivity contribution in [2.45, 2.75) is 19.8 Å². The Bertz CT molecular complexity index is 719. The SMILES string of the molecule is CCCc1ccc(Oc2ccc3scnc3c2N)cc1. The van der Waals surface area contributed by atoms with Crippen LogP contribution in [0.1, 0.15) is 18.9 Å². The molecule has 0 saturated carbocycles. The largest absolute Gasteiger partial charge is 0.455 e. The van der Waals surface area contributed by atoms with E-state index in [4.69, 9.17) is 10.5 Å². The zero-order valence-electron chi connectivity index (χ0n) is 11.3. The molecule has 3 aromatic rings. The van der Waals surface area contributed by atoms with Crippen molar-refractivity contribution in [2.24, 2.45) is 0 Å². The molecule has 0 aliphatic heterocycles. The maximum absolute atomic E-state index is 6.11. The zero-order valence-corrected chi connectivity index (χ0v) is 12.1. The van der Waals surface area contributed by atoms with Crippen LogP contribution in [0.2, 0.25) is 0 Å². The third-order valence-corrected chi connectivity index (χ3v) is 3.99. The van der Waals surface area contributed by atoms with Gasteiger partial charge in [-0.15, -0.1) is 11.3 Å². The molecule has 0 spiro atoms. The Morgan fingerprint density at radius 1 is 1.15 bits per heavy atom. The molecule has 2 aromatic carbocycles. The lowest BCUT2D eigenvalue weighted by Gasteiger charge is -2.09. The number of hydrogen-bond donors (Lipinski definition) is 1. The number of benzene rings is 2. The highest BCUT2D eigenvalue weighted by Crippen LogP contribution is 2.34. The summed E-state index contributed by atoms with van der Waals surface area (Å²) in [7, 11) is 0. The number of thiazole rings is 1. The van der Waals surface area contributed by atoms with Crippen LogP contribution in [0.15, 0.2) is 41.9 Å². The Morgan fingerprint density at radius 3 is 2.70 bits per heavy atom. The molecule has 0 amide bonds. The van der Waals surface area contributed by atoms with E-state index in [1.54, 1.807) is 16.8 Å². The predicted octanol–water partition coefficient (Wildman–Crippen LogP) is 4.62. The first-order chi connectivity index (χ1) is 9.78. The monoisotopic (exact) mass is 284 g/mol. The molecule has 0 radical (unpaired) electrons. The van der Waals surface area contributed by atoms with Crippen molar-refractivity contribution in [1.82, 2.24) is 4.98 Å². The summed E-state index contributed by atoms with van der Waals surface area (Å²) in [4.78, 5) is 4.27. The number of ether oxygens (including phenoxy) is 1. The standard InChI is InChI=1S/C16H16N2OS/c1-2-3-11-4-6-12(7-5-11)19-13-8-9-14-16(15(13)17)18-10-20-14/h4-10H,2-3,17H2,1H3. The van der Waals surface area contributed by atoms with Gasteiger partial charge in [0, 0.05) is 0 Å². The molecule has 1 aromatic heterocycles. The highest BCUT2D eigenvalue weighted by molar-refractivity contribution is 7.16. The summed E-state index contributed by atoms with van der Waals surface area (Å²) in [5.41, 5.74) is 10.6. The Balaban J connectivity index is 1.86. The number of hydrogen-bond acceptors (Lipinski definition) is 4. The van der Waals surface area contributed by atoms with Crippen molar-refractivity contribution in [3.8, 4) is 11.5 Å². The van der Waals surface area contributed by atoms with Gasteiger partial charge in [0.05, 0.1) is 10.2 Å². The molecule has 102 valence electrons. The van der Waals surface area contributed by atoms with Gasteiger partial charge in [-0.3, -0.25) is 0 Å². The van der Waals surface area contributed by atoms with Crippen LogP contribution >= 0.6 is 11.3 Å². The number of fused-ring (bicyclic) bond motifs is 1. The molecule has 0 aliphatic carbocycles.